The Hall–Kier alpha value is 1.62. The number of halogens is 3. The number of ether oxygens (including phenoxy) is 1. The van der Waals surface area contributed by atoms with Crippen LogP contribution in [-0.2, 0) is 4.74 Å². The van der Waals surface area contributed by atoms with E-state index in [1.807, 2.05) is 0 Å². The molecule has 0 radical (unpaired) electrons. The molecule has 0 aromatic carbocycles. The van der Waals surface area contributed by atoms with E-state index in [1.54, 1.807) is 7.11 Å². The van der Waals surface area contributed by atoms with Gasteiger partial charge in [-0.3, -0.25) is 0 Å². The average Bonchev–Trinajstić information content (AvgIpc) is 1.95. The van der Waals surface area contributed by atoms with Crippen molar-refractivity contribution < 1.29 is 4.74 Å². The molecule has 12 heavy (non-hydrogen) atoms. The van der Waals surface area contributed by atoms with E-state index in [-0.39, 0.29) is 6.10 Å². The molecule has 0 heterocycles. The number of methoxy groups -OCH3 is 1. The standard InChI is InChI=1S/C7H15Cl3OTe/c1-3-4-5-7(11-2)6-12(8,9)10/h7H,3-6H2,1-2H3. The number of hydrogen-bond acceptors (Lipinski definition) is 1. The zero-order chi connectivity index (χ0) is 9.61. The Morgan fingerprint density at radius 1 is 1.33 bits per heavy atom. The van der Waals surface area contributed by atoms with Crippen LogP contribution in [0.5, 0.6) is 0 Å². The third-order valence-corrected chi connectivity index (χ3v) is 6.26. The van der Waals surface area contributed by atoms with Gasteiger partial charge in [0.25, 0.3) is 0 Å². The third-order valence-electron chi connectivity index (χ3n) is 1.59. The first-order chi connectivity index (χ1) is 5.49. The molecule has 0 aromatic rings. The Morgan fingerprint density at radius 3 is 2.25 bits per heavy atom. The molecule has 0 N–H and O–H groups in total. The van der Waals surface area contributed by atoms with E-state index in [2.05, 4.69) is 6.92 Å². The second-order valence-electron chi connectivity index (χ2n) is 2.67. The van der Waals surface area contributed by atoms with Crippen molar-refractivity contribution in [3.05, 3.63) is 0 Å². The molecule has 0 bridgehead atoms. The predicted octanol–water partition coefficient (Wildman–Crippen LogP) is 3.85. The quantitative estimate of drug-likeness (QED) is 0.662. The predicted molar refractivity (Wildman–Crippen MR) is 58.4 cm³/mol. The van der Waals surface area contributed by atoms with Gasteiger partial charge in [-0.2, -0.15) is 0 Å². The molecule has 76 valence electrons. The van der Waals surface area contributed by atoms with Gasteiger partial charge in [0.05, 0.1) is 0 Å². The van der Waals surface area contributed by atoms with Crippen LogP contribution in [0, 0.1) is 0 Å². The molecule has 1 atom stereocenters. The van der Waals surface area contributed by atoms with Gasteiger partial charge in [-0.25, -0.2) is 0 Å². The molecule has 5 heteroatoms. The monoisotopic (exact) mass is 350 g/mol. The summed E-state index contributed by atoms with van der Waals surface area (Å²) in [5.41, 5.74) is 0. The van der Waals surface area contributed by atoms with Crippen LogP contribution in [0.1, 0.15) is 26.2 Å². The van der Waals surface area contributed by atoms with Gasteiger partial charge in [-0.15, -0.1) is 0 Å². The van der Waals surface area contributed by atoms with Crippen LogP contribution >= 0.6 is 26.9 Å². The Morgan fingerprint density at radius 2 is 1.92 bits per heavy atom. The van der Waals surface area contributed by atoms with Gasteiger partial charge in [0.1, 0.15) is 0 Å². The molecule has 0 aliphatic carbocycles. The first-order valence-electron chi connectivity index (χ1n) is 3.92. The Kier molecular flexibility index (Phi) is 7.93. The van der Waals surface area contributed by atoms with E-state index < -0.39 is 14.8 Å². The number of rotatable bonds is 6. The summed E-state index contributed by atoms with van der Waals surface area (Å²) >= 11 is -2.98. The zero-order valence-corrected chi connectivity index (χ0v) is 12.0. The second kappa shape index (κ2) is 6.98. The van der Waals surface area contributed by atoms with Crippen LogP contribution in [0.4, 0.5) is 0 Å². The third kappa shape index (κ3) is 8.23. The topological polar surface area (TPSA) is 9.23 Å². The molecule has 0 rings (SSSR count). The first kappa shape index (κ1) is 13.6. The fourth-order valence-corrected chi connectivity index (χ4v) is 5.81. The van der Waals surface area contributed by atoms with Gasteiger partial charge in [0.2, 0.25) is 0 Å². The zero-order valence-electron chi connectivity index (χ0n) is 7.36. The number of hydrogen-bond donors (Lipinski definition) is 0. The normalized spacial score (nSPS) is 16.1. The van der Waals surface area contributed by atoms with Crippen LogP contribution in [-0.4, -0.2) is 28.0 Å². The molecule has 0 amide bonds. The van der Waals surface area contributed by atoms with E-state index in [0.29, 0.717) is 4.47 Å². The van der Waals surface area contributed by atoms with E-state index in [9.17, 15) is 0 Å². The molecule has 0 aliphatic rings. The summed E-state index contributed by atoms with van der Waals surface area (Å²) in [6.45, 7) is 2.14. The molecular weight excluding hydrogens is 334 g/mol. The van der Waals surface area contributed by atoms with E-state index in [1.165, 1.54) is 0 Å². The molecule has 0 spiro atoms. The average molecular weight is 349 g/mol. The Balaban J connectivity index is 3.67. The summed E-state index contributed by atoms with van der Waals surface area (Å²) < 4.78 is 5.88. The van der Waals surface area contributed by atoms with Gasteiger partial charge in [-0.05, 0) is 0 Å². The van der Waals surface area contributed by atoms with Gasteiger partial charge in [0.15, 0.2) is 0 Å². The van der Waals surface area contributed by atoms with E-state index in [0.717, 1.165) is 19.3 Å². The van der Waals surface area contributed by atoms with Crippen LogP contribution in [0.3, 0.4) is 0 Å². The Bertz CT molecular complexity index is 116. The fourth-order valence-electron chi connectivity index (χ4n) is 0.912. The minimum atomic E-state index is -2.98. The summed E-state index contributed by atoms with van der Waals surface area (Å²) in [6.07, 6.45) is 3.46. The molecular formula is C7H15Cl3OTe. The summed E-state index contributed by atoms with van der Waals surface area (Å²) in [5, 5.41) is 0. The van der Waals surface area contributed by atoms with Crippen molar-refractivity contribution in [2.45, 2.75) is 36.8 Å². The molecule has 0 aliphatic heterocycles. The summed E-state index contributed by atoms with van der Waals surface area (Å²) in [5.74, 6) is 0. The van der Waals surface area contributed by atoms with Crippen molar-refractivity contribution in [1.29, 1.82) is 0 Å². The van der Waals surface area contributed by atoms with Crippen LogP contribution in [0.2, 0.25) is 4.47 Å². The SMILES string of the molecule is CCCCC(C[Te](Cl)(Cl)Cl)OC. The molecule has 0 fully saturated rings. The van der Waals surface area contributed by atoms with E-state index in [4.69, 9.17) is 31.6 Å². The van der Waals surface area contributed by atoms with Crippen molar-refractivity contribution in [3.63, 3.8) is 0 Å². The van der Waals surface area contributed by atoms with Gasteiger partial charge in [0, 0.05) is 0 Å². The van der Waals surface area contributed by atoms with Crippen molar-refractivity contribution in [3.8, 4) is 0 Å². The van der Waals surface area contributed by atoms with Crippen LogP contribution in [0.15, 0.2) is 0 Å². The maximum absolute atomic E-state index is 5.83. The fraction of sp³-hybridized carbons (Fsp3) is 1.00. The van der Waals surface area contributed by atoms with Gasteiger partial charge < -0.3 is 0 Å². The summed E-state index contributed by atoms with van der Waals surface area (Å²) in [4.78, 5) is 0. The minimum absolute atomic E-state index is 0.152. The molecule has 1 nitrogen and oxygen atoms in total. The Labute approximate surface area is 89.7 Å². The van der Waals surface area contributed by atoms with Crippen molar-refractivity contribution in [1.82, 2.24) is 0 Å². The maximum atomic E-state index is 5.83. The summed E-state index contributed by atoms with van der Waals surface area (Å²) in [7, 11) is 19.2. The van der Waals surface area contributed by atoms with Gasteiger partial charge >= 0.3 is 90.3 Å². The molecule has 0 saturated heterocycles. The van der Waals surface area contributed by atoms with Crippen molar-refractivity contribution in [2.24, 2.45) is 0 Å². The molecule has 0 aromatic heterocycles. The van der Waals surface area contributed by atoms with Crippen LogP contribution < -0.4 is 0 Å². The first-order valence-corrected chi connectivity index (χ1v) is 14.4. The molecule has 1 unspecified atom stereocenters. The van der Waals surface area contributed by atoms with Crippen molar-refractivity contribution >= 4 is 41.7 Å². The number of unbranched alkanes of at least 4 members (excludes halogenated alkanes) is 1. The van der Waals surface area contributed by atoms with Crippen LogP contribution in [0.25, 0.3) is 0 Å². The second-order valence-corrected chi connectivity index (χ2v) is 20.3. The molecule has 0 saturated carbocycles. The van der Waals surface area contributed by atoms with Crippen molar-refractivity contribution in [2.75, 3.05) is 7.11 Å². The van der Waals surface area contributed by atoms with Gasteiger partial charge in [-0.1, -0.05) is 0 Å². The van der Waals surface area contributed by atoms with E-state index >= 15 is 0 Å². The summed E-state index contributed by atoms with van der Waals surface area (Å²) in [6, 6.07) is 0.